The van der Waals surface area contributed by atoms with Crippen molar-refractivity contribution in [2.75, 3.05) is 12.4 Å². The molecule has 1 atom stereocenters. The molecule has 0 aromatic carbocycles. The van der Waals surface area contributed by atoms with E-state index >= 15 is 0 Å². The van der Waals surface area contributed by atoms with Gasteiger partial charge in [-0.3, -0.25) is 9.00 Å². The summed E-state index contributed by atoms with van der Waals surface area (Å²) in [6.45, 7) is 4.67. The molecule has 0 fully saturated rings. The number of esters is 1. The average molecular weight is 235 g/mol. The zero-order valence-corrected chi connectivity index (χ0v) is 10.2. The lowest BCUT2D eigenvalue weighted by atomic mass is 10.1. The first kappa shape index (κ1) is 14.6. The molecule has 0 aliphatic heterocycles. The fraction of sp³-hybridized carbons (Fsp3) is 0.900. The van der Waals surface area contributed by atoms with Crippen LogP contribution >= 0.6 is 0 Å². The van der Waals surface area contributed by atoms with Gasteiger partial charge in [0.1, 0.15) is 0 Å². The average Bonchev–Trinajstić information content (AvgIpc) is 2.11. The Kier molecular flexibility index (Phi) is 8.61. The molecule has 0 heterocycles. The normalized spacial score (nSPS) is 12.8. The van der Waals surface area contributed by atoms with Crippen LogP contribution in [0.1, 0.15) is 39.5 Å². The molecule has 4 nitrogen and oxygen atoms in total. The molecule has 0 aliphatic carbocycles. The van der Waals surface area contributed by atoms with Gasteiger partial charge in [0.05, 0.1) is 6.61 Å². The standard InChI is InChI=1S/C10H20O4S/c1-9(2)5-3-7-14-10(11)6-4-8-15(12)13/h9H,3-8H2,1-2H3,(H,12,13)/p-1. The van der Waals surface area contributed by atoms with Crippen LogP contribution in [0.3, 0.4) is 0 Å². The molecule has 0 aromatic rings. The van der Waals surface area contributed by atoms with Gasteiger partial charge in [-0.25, -0.2) is 0 Å². The van der Waals surface area contributed by atoms with E-state index in [4.69, 9.17) is 4.74 Å². The SMILES string of the molecule is CC(C)CCCOC(=O)CCCS(=O)[O-]. The summed E-state index contributed by atoms with van der Waals surface area (Å²) in [6, 6.07) is 0. The van der Waals surface area contributed by atoms with E-state index in [0.29, 0.717) is 18.9 Å². The minimum absolute atomic E-state index is 0.0289. The molecule has 5 heteroatoms. The second-order valence-corrected chi connectivity index (χ2v) is 4.88. The lowest BCUT2D eigenvalue weighted by Crippen LogP contribution is -2.08. The maximum atomic E-state index is 11.0. The molecule has 0 amide bonds. The van der Waals surface area contributed by atoms with Gasteiger partial charge in [0.15, 0.2) is 0 Å². The summed E-state index contributed by atoms with van der Waals surface area (Å²) < 4.78 is 25.3. The van der Waals surface area contributed by atoms with Crippen molar-refractivity contribution in [1.82, 2.24) is 0 Å². The zero-order chi connectivity index (χ0) is 11.7. The van der Waals surface area contributed by atoms with Crippen molar-refractivity contribution >= 4 is 17.0 Å². The number of carbonyl (C=O) groups is 1. The molecule has 0 radical (unpaired) electrons. The Morgan fingerprint density at radius 3 is 2.60 bits per heavy atom. The van der Waals surface area contributed by atoms with Gasteiger partial charge in [0.2, 0.25) is 0 Å². The van der Waals surface area contributed by atoms with E-state index in [1.165, 1.54) is 0 Å². The van der Waals surface area contributed by atoms with E-state index in [0.717, 1.165) is 12.8 Å². The van der Waals surface area contributed by atoms with Crippen LogP contribution in [0.15, 0.2) is 0 Å². The Balaban J connectivity index is 3.30. The number of hydrogen-bond donors (Lipinski definition) is 0. The molecule has 0 N–H and O–H groups in total. The Labute approximate surface area is 93.7 Å². The van der Waals surface area contributed by atoms with E-state index in [9.17, 15) is 13.6 Å². The van der Waals surface area contributed by atoms with Crippen molar-refractivity contribution in [3.8, 4) is 0 Å². The third kappa shape index (κ3) is 11.5. The molecule has 0 aromatic heterocycles. The Hall–Kier alpha value is -0.420. The molecule has 0 spiro atoms. The fourth-order valence-electron chi connectivity index (χ4n) is 1.08. The van der Waals surface area contributed by atoms with Crippen LogP contribution in [0.2, 0.25) is 0 Å². The van der Waals surface area contributed by atoms with Crippen LogP contribution in [0, 0.1) is 5.92 Å². The number of hydrogen-bond acceptors (Lipinski definition) is 4. The smallest absolute Gasteiger partial charge is 0.305 e. The molecule has 90 valence electrons. The lowest BCUT2D eigenvalue weighted by Gasteiger charge is -2.07. The van der Waals surface area contributed by atoms with Gasteiger partial charge in [-0.1, -0.05) is 24.9 Å². The van der Waals surface area contributed by atoms with Gasteiger partial charge in [-0.05, 0) is 25.2 Å². The van der Waals surface area contributed by atoms with Gasteiger partial charge in [0.25, 0.3) is 0 Å². The monoisotopic (exact) mass is 235 g/mol. The number of ether oxygens (including phenoxy) is 1. The predicted octanol–water partition coefficient (Wildman–Crippen LogP) is 1.63. The lowest BCUT2D eigenvalue weighted by molar-refractivity contribution is -0.143. The Morgan fingerprint density at radius 1 is 1.40 bits per heavy atom. The second-order valence-electron chi connectivity index (χ2n) is 3.87. The highest BCUT2D eigenvalue weighted by Crippen LogP contribution is 2.04. The van der Waals surface area contributed by atoms with Gasteiger partial charge < -0.3 is 9.29 Å². The van der Waals surface area contributed by atoms with Crippen molar-refractivity contribution in [1.29, 1.82) is 0 Å². The third-order valence-electron chi connectivity index (χ3n) is 1.88. The van der Waals surface area contributed by atoms with E-state index in [2.05, 4.69) is 13.8 Å². The van der Waals surface area contributed by atoms with E-state index in [-0.39, 0.29) is 18.1 Å². The topological polar surface area (TPSA) is 66.4 Å². The van der Waals surface area contributed by atoms with Crippen LogP contribution in [-0.2, 0) is 20.6 Å². The minimum Gasteiger partial charge on any atom is -0.772 e. The molecular formula is C10H19O4S-. The van der Waals surface area contributed by atoms with Crippen LogP contribution < -0.4 is 0 Å². The largest absolute Gasteiger partial charge is 0.772 e. The summed E-state index contributed by atoms with van der Waals surface area (Å²) in [4.78, 5) is 11.0. The van der Waals surface area contributed by atoms with Crippen LogP contribution in [-0.4, -0.2) is 27.1 Å². The molecule has 15 heavy (non-hydrogen) atoms. The fourth-order valence-corrected chi connectivity index (χ4v) is 1.46. The predicted molar refractivity (Wildman–Crippen MR) is 58.1 cm³/mol. The Bertz CT molecular complexity index is 204. The summed E-state index contributed by atoms with van der Waals surface area (Å²) in [7, 11) is 0. The van der Waals surface area contributed by atoms with Crippen molar-refractivity contribution in [3.63, 3.8) is 0 Å². The summed E-state index contributed by atoms with van der Waals surface area (Å²) in [5.41, 5.74) is 0. The first-order valence-corrected chi connectivity index (χ1v) is 6.48. The van der Waals surface area contributed by atoms with E-state index in [1.54, 1.807) is 0 Å². The van der Waals surface area contributed by atoms with Crippen LogP contribution in [0.25, 0.3) is 0 Å². The maximum absolute atomic E-state index is 11.0. The zero-order valence-electron chi connectivity index (χ0n) is 9.36. The highest BCUT2D eigenvalue weighted by Gasteiger charge is 2.02. The maximum Gasteiger partial charge on any atom is 0.305 e. The molecule has 1 unspecified atom stereocenters. The van der Waals surface area contributed by atoms with E-state index < -0.39 is 11.1 Å². The summed E-state index contributed by atoms with van der Waals surface area (Å²) in [6.07, 6.45) is 2.45. The highest BCUT2D eigenvalue weighted by atomic mass is 32.2. The Morgan fingerprint density at radius 2 is 2.07 bits per heavy atom. The van der Waals surface area contributed by atoms with Gasteiger partial charge in [-0.2, -0.15) is 0 Å². The van der Waals surface area contributed by atoms with Crippen molar-refractivity contribution in [2.24, 2.45) is 5.92 Å². The van der Waals surface area contributed by atoms with Crippen molar-refractivity contribution < 1.29 is 18.3 Å². The van der Waals surface area contributed by atoms with Crippen LogP contribution in [0.4, 0.5) is 0 Å². The van der Waals surface area contributed by atoms with Gasteiger partial charge in [-0.15, -0.1) is 0 Å². The van der Waals surface area contributed by atoms with Crippen molar-refractivity contribution in [2.45, 2.75) is 39.5 Å². The van der Waals surface area contributed by atoms with Gasteiger partial charge in [0, 0.05) is 12.2 Å². The highest BCUT2D eigenvalue weighted by molar-refractivity contribution is 7.79. The molecule has 0 saturated heterocycles. The number of rotatable bonds is 8. The van der Waals surface area contributed by atoms with E-state index in [1.807, 2.05) is 0 Å². The molecule has 0 rings (SSSR count). The molecule has 0 aliphatic rings. The first-order chi connectivity index (χ1) is 7.02. The molecular weight excluding hydrogens is 216 g/mol. The first-order valence-electron chi connectivity index (χ1n) is 5.24. The quantitative estimate of drug-likeness (QED) is 0.364. The second kappa shape index (κ2) is 8.85. The molecule has 0 saturated carbocycles. The summed E-state index contributed by atoms with van der Waals surface area (Å²) in [5.74, 6) is 0.344. The third-order valence-corrected chi connectivity index (χ3v) is 2.50. The van der Waals surface area contributed by atoms with Crippen molar-refractivity contribution in [3.05, 3.63) is 0 Å². The van der Waals surface area contributed by atoms with Gasteiger partial charge >= 0.3 is 5.97 Å². The summed E-state index contributed by atoms with van der Waals surface area (Å²) in [5, 5.41) is 0. The minimum atomic E-state index is -2.05. The van der Waals surface area contributed by atoms with Crippen LogP contribution in [0.5, 0.6) is 0 Å². The number of carbonyl (C=O) groups excluding carboxylic acids is 1. The summed E-state index contributed by atoms with van der Waals surface area (Å²) >= 11 is -2.05. The molecule has 0 bridgehead atoms.